The molecule has 0 bridgehead atoms. The van der Waals surface area contributed by atoms with Crippen LogP contribution in [0.3, 0.4) is 0 Å². The molecule has 16 unspecified atom stereocenters. The topological polar surface area (TPSA) is 225 Å². The van der Waals surface area contributed by atoms with Crippen LogP contribution in [0.15, 0.2) is 0 Å². The molecule has 3 saturated carbocycles. The second-order valence-corrected chi connectivity index (χ2v) is 18.9. The number of rotatable bonds is 16. The van der Waals surface area contributed by atoms with Gasteiger partial charge in [0.05, 0.1) is 61.9 Å². The maximum absolute atomic E-state index is 12.9. The van der Waals surface area contributed by atoms with E-state index in [9.17, 15) is 35.4 Å². The Morgan fingerprint density at radius 3 is 2.36 bits per heavy atom. The largest absolute Gasteiger partial charge is 0.481 e. The Hall–Kier alpha value is -1.01. The molecule has 14 nitrogen and oxygen atoms in total. The second-order valence-electron chi connectivity index (χ2n) is 18.9. The van der Waals surface area contributed by atoms with Crippen molar-refractivity contribution in [3.8, 4) is 0 Å². The SMILES string of the molecule is COC1CC(C2OC(CCC3CCC(O)C(OCO)C3)CC(O)C2CCO)CC(OCC2NC(C)CC3(CCCC3)C2(CC(=O)O)CC2CCNC(N)C2)C1O. The van der Waals surface area contributed by atoms with Gasteiger partial charge in [0.15, 0.2) is 0 Å². The van der Waals surface area contributed by atoms with Crippen LogP contribution >= 0.6 is 0 Å². The van der Waals surface area contributed by atoms with Gasteiger partial charge in [0.25, 0.3) is 0 Å². The summed E-state index contributed by atoms with van der Waals surface area (Å²) in [4.78, 5) is 12.9. The Bertz CT molecular complexity index is 1230. The molecule has 1 spiro atoms. The molecule has 14 heteroatoms. The highest BCUT2D eigenvalue weighted by molar-refractivity contribution is 5.68. The maximum Gasteiger partial charge on any atom is 0.303 e. The van der Waals surface area contributed by atoms with Gasteiger partial charge in [0.1, 0.15) is 12.9 Å². The zero-order valence-corrected chi connectivity index (χ0v) is 34.0. The number of ether oxygens (including phenoxy) is 4. The van der Waals surface area contributed by atoms with Gasteiger partial charge in [0.2, 0.25) is 0 Å². The number of hydrogen-bond acceptors (Lipinski definition) is 13. The van der Waals surface area contributed by atoms with E-state index < -0.39 is 48.7 Å². The number of carboxylic acid groups (broad SMARTS) is 1. The van der Waals surface area contributed by atoms with Crippen LogP contribution in [0.4, 0.5) is 0 Å². The highest BCUT2D eigenvalue weighted by Gasteiger charge is 2.61. The van der Waals surface area contributed by atoms with Crippen molar-refractivity contribution in [3.63, 3.8) is 0 Å². The van der Waals surface area contributed by atoms with E-state index in [4.69, 9.17) is 24.7 Å². The van der Waals surface area contributed by atoms with E-state index in [-0.39, 0.29) is 73.4 Å². The van der Waals surface area contributed by atoms with E-state index in [1.54, 1.807) is 7.11 Å². The molecule has 0 radical (unpaired) electrons. The van der Waals surface area contributed by atoms with E-state index in [1.165, 1.54) is 0 Å². The Kier molecular flexibility index (Phi) is 15.9. The van der Waals surface area contributed by atoms with Gasteiger partial charge in [-0.25, -0.2) is 0 Å². The van der Waals surface area contributed by atoms with Gasteiger partial charge in [-0.2, -0.15) is 0 Å². The van der Waals surface area contributed by atoms with Gasteiger partial charge in [-0.1, -0.05) is 12.8 Å². The summed E-state index contributed by atoms with van der Waals surface area (Å²) >= 11 is 0. The predicted molar refractivity (Wildman–Crippen MR) is 208 cm³/mol. The third-order valence-electron chi connectivity index (χ3n) is 15.5. The first kappa shape index (κ1) is 44.5. The summed E-state index contributed by atoms with van der Waals surface area (Å²) in [5, 5.41) is 70.7. The lowest BCUT2D eigenvalue weighted by atomic mass is 9.50. The monoisotopic (exact) mass is 798 g/mol. The summed E-state index contributed by atoms with van der Waals surface area (Å²) < 4.78 is 25.0. The van der Waals surface area contributed by atoms with Crippen molar-refractivity contribution in [2.45, 2.75) is 190 Å². The molecule has 56 heavy (non-hydrogen) atoms. The molecule has 0 amide bonds. The number of carboxylic acids is 1. The molecular formula is C42H75N3O11. The van der Waals surface area contributed by atoms with Gasteiger partial charge in [-0.15, -0.1) is 0 Å². The molecule has 6 rings (SSSR count). The van der Waals surface area contributed by atoms with Crippen molar-refractivity contribution in [1.29, 1.82) is 0 Å². The van der Waals surface area contributed by atoms with Gasteiger partial charge in [0, 0.05) is 37.1 Å². The molecule has 3 heterocycles. The summed E-state index contributed by atoms with van der Waals surface area (Å²) in [6.45, 7) is 2.79. The first-order valence-electron chi connectivity index (χ1n) is 22.0. The van der Waals surface area contributed by atoms with Gasteiger partial charge in [-0.3, -0.25) is 4.79 Å². The van der Waals surface area contributed by atoms with Crippen LogP contribution in [-0.2, 0) is 23.7 Å². The van der Waals surface area contributed by atoms with Crippen LogP contribution < -0.4 is 16.4 Å². The van der Waals surface area contributed by atoms with Crippen LogP contribution in [0, 0.1) is 34.5 Å². The van der Waals surface area contributed by atoms with Crippen LogP contribution in [0.2, 0.25) is 0 Å². The molecule has 324 valence electrons. The Labute approximate surface area is 333 Å². The van der Waals surface area contributed by atoms with Crippen molar-refractivity contribution in [2.24, 2.45) is 40.2 Å². The Morgan fingerprint density at radius 1 is 0.893 bits per heavy atom. The number of aliphatic carboxylic acids is 1. The van der Waals surface area contributed by atoms with Crippen molar-refractivity contribution in [1.82, 2.24) is 10.6 Å². The van der Waals surface area contributed by atoms with E-state index in [1.807, 2.05) is 0 Å². The van der Waals surface area contributed by atoms with Crippen LogP contribution in [-0.4, -0.2) is 137 Å². The van der Waals surface area contributed by atoms with Gasteiger partial charge >= 0.3 is 5.97 Å². The third kappa shape index (κ3) is 10.1. The molecule has 0 aromatic heterocycles. The first-order valence-corrected chi connectivity index (χ1v) is 22.0. The number of aliphatic hydroxyl groups excluding tert-OH is 5. The first-order chi connectivity index (χ1) is 26.9. The molecule has 3 aliphatic heterocycles. The fourth-order valence-corrected chi connectivity index (χ4v) is 12.9. The molecule has 6 aliphatic rings. The average molecular weight is 798 g/mol. The minimum Gasteiger partial charge on any atom is -0.481 e. The summed E-state index contributed by atoms with van der Waals surface area (Å²) in [6.07, 6.45) is 9.01. The number of piperidine rings is 2. The van der Waals surface area contributed by atoms with Crippen LogP contribution in [0.25, 0.3) is 0 Å². The number of carbonyl (C=O) groups is 1. The van der Waals surface area contributed by atoms with Crippen molar-refractivity contribution in [3.05, 3.63) is 0 Å². The number of nitrogens with one attached hydrogen (secondary N) is 2. The van der Waals surface area contributed by atoms with Crippen LogP contribution in [0.5, 0.6) is 0 Å². The zero-order chi connectivity index (χ0) is 40.0. The van der Waals surface area contributed by atoms with Crippen LogP contribution in [0.1, 0.15) is 122 Å². The van der Waals surface area contributed by atoms with E-state index in [0.717, 1.165) is 77.2 Å². The molecule has 0 aromatic carbocycles. The molecule has 3 saturated heterocycles. The lowest BCUT2D eigenvalue weighted by Crippen LogP contribution is -2.66. The van der Waals surface area contributed by atoms with Gasteiger partial charge < -0.3 is 66.0 Å². The average Bonchev–Trinajstić information content (AvgIpc) is 3.63. The lowest BCUT2D eigenvalue weighted by Gasteiger charge is -2.60. The Balaban J connectivity index is 1.19. The van der Waals surface area contributed by atoms with E-state index in [2.05, 4.69) is 17.6 Å². The molecular weight excluding hydrogens is 722 g/mol. The lowest BCUT2D eigenvalue weighted by molar-refractivity contribution is -0.203. The molecule has 6 fully saturated rings. The predicted octanol–water partition coefficient (Wildman–Crippen LogP) is 2.40. The fraction of sp³-hybridized carbons (Fsp3) is 0.976. The number of methoxy groups -OCH3 is 1. The van der Waals surface area contributed by atoms with E-state index >= 15 is 0 Å². The summed E-state index contributed by atoms with van der Waals surface area (Å²) in [7, 11) is 1.60. The number of hydrogen-bond donors (Lipinski definition) is 9. The van der Waals surface area contributed by atoms with Crippen molar-refractivity contribution in [2.75, 3.05) is 33.7 Å². The summed E-state index contributed by atoms with van der Waals surface area (Å²) in [5.74, 6) is -0.582. The fourth-order valence-electron chi connectivity index (χ4n) is 12.9. The normalized spacial score (nSPS) is 44.5. The standard InChI is InChI=1S/C42H75N3O11/c1-25-20-41(11-3-4-12-41)42(22-38(50)51,21-27-9-13-44-37(43)16-27)36(45-25)23-54-35-18-28(17-34(53-2)39(35)52)40-30(10-14-46)32(49)19-29(56-40)7-5-26-6-8-31(48)33(15-26)55-24-47/h25-37,39-40,44-49,52H,3-24,43H2,1-2H3,(H,50,51). The summed E-state index contributed by atoms with van der Waals surface area (Å²) in [5.41, 5.74) is 5.73. The molecule has 10 N–H and O–H groups in total. The molecule has 3 aliphatic carbocycles. The highest BCUT2D eigenvalue weighted by atomic mass is 16.6. The number of nitrogens with two attached hydrogens (primary N) is 1. The van der Waals surface area contributed by atoms with Crippen molar-refractivity contribution < 1.29 is 54.4 Å². The molecule has 16 atom stereocenters. The minimum atomic E-state index is -0.898. The second kappa shape index (κ2) is 20.0. The molecule has 0 aromatic rings. The maximum atomic E-state index is 12.9. The number of aliphatic hydroxyl groups is 5. The third-order valence-corrected chi connectivity index (χ3v) is 15.5. The van der Waals surface area contributed by atoms with Gasteiger partial charge in [-0.05, 0) is 133 Å². The highest BCUT2D eigenvalue weighted by Crippen LogP contribution is 2.63. The van der Waals surface area contributed by atoms with E-state index in [0.29, 0.717) is 50.4 Å². The quantitative estimate of drug-likeness (QED) is 0.102. The Morgan fingerprint density at radius 2 is 1.66 bits per heavy atom. The minimum absolute atomic E-state index is 0.0606. The zero-order valence-electron chi connectivity index (χ0n) is 34.0. The smallest absolute Gasteiger partial charge is 0.303 e. The summed E-state index contributed by atoms with van der Waals surface area (Å²) in [6, 6.07) is -0.0441. The van der Waals surface area contributed by atoms with Crippen molar-refractivity contribution >= 4 is 5.97 Å².